The molecule has 92 valence electrons. The Kier molecular flexibility index (Phi) is 3.07. The average molecular weight is 271 g/mol. The number of thiophene rings is 1. The van der Waals surface area contributed by atoms with E-state index in [2.05, 4.69) is 5.10 Å². The summed E-state index contributed by atoms with van der Waals surface area (Å²) in [6.07, 6.45) is 3.61. The summed E-state index contributed by atoms with van der Waals surface area (Å²) in [6.45, 7) is 4.06. The molecule has 0 aromatic carbocycles. The minimum atomic E-state index is -3.61. The van der Waals surface area contributed by atoms with E-state index in [0.29, 0.717) is 0 Å². The number of rotatable bonds is 3. The van der Waals surface area contributed by atoms with Gasteiger partial charge in [-0.25, -0.2) is 13.6 Å². The van der Waals surface area contributed by atoms with E-state index in [0.717, 1.165) is 21.8 Å². The highest BCUT2D eigenvalue weighted by molar-refractivity contribution is 7.91. The molecule has 0 unspecified atom stereocenters. The quantitative estimate of drug-likeness (QED) is 0.925. The van der Waals surface area contributed by atoms with Gasteiger partial charge in [0.15, 0.2) is 0 Å². The summed E-state index contributed by atoms with van der Waals surface area (Å²) in [5.74, 6) is 0. The maximum Gasteiger partial charge on any atom is 0.247 e. The molecule has 0 aliphatic heterocycles. The third kappa shape index (κ3) is 2.56. The first-order chi connectivity index (χ1) is 7.88. The fourth-order valence-corrected chi connectivity index (χ4v) is 3.08. The Balaban J connectivity index is 2.37. The third-order valence-electron chi connectivity index (χ3n) is 2.28. The number of hydrogen-bond donors (Lipinski definition) is 1. The lowest BCUT2D eigenvalue weighted by Gasteiger charge is -2.02. The van der Waals surface area contributed by atoms with Crippen LogP contribution in [0.25, 0.3) is 10.4 Å². The molecular formula is C10H13N3O2S2. The van der Waals surface area contributed by atoms with Crippen molar-refractivity contribution in [3.8, 4) is 10.4 Å². The van der Waals surface area contributed by atoms with E-state index < -0.39 is 10.0 Å². The molecule has 2 aromatic rings. The van der Waals surface area contributed by atoms with Gasteiger partial charge in [-0.2, -0.15) is 5.10 Å². The molecule has 7 heteroatoms. The van der Waals surface area contributed by atoms with Gasteiger partial charge in [-0.1, -0.05) is 0 Å². The van der Waals surface area contributed by atoms with Crippen molar-refractivity contribution in [1.29, 1.82) is 0 Å². The molecule has 0 atom stereocenters. The molecule has 5 nitrogen and oxygen atoms in total. The zero-order valence-electron chi connectivity index (χ0n) is 9.49. The second kappa shape index (κ2) is 4.25. The topological polar surface area (TPSA) is 78.0 Å². The largest absolute Gasteiger partial charge is 0.270 e. The van der Waals surface area contributed by atoms with E-state index in [1.165, 1.54) is 6.07 Å². The van der Waals surface area contributed by atoms with Gasteiger partial charge >= 0.3 is 0 Å². The van der Waals surface area contributed by atoms with Gasteiger partial charge in [0.1, 0.15) is 4.21 Å². The zero-order valence-corrected chi connectivity index (χ0v) is 11.1. The van der Waals surface area contributed by atoms with Gasteiger partial charge in [0.2, 0.25) is 10.0 Å². The Morgan fingerprint density at radius 2 is 2.12 bits per heavy atom. The van der Waals surface area contributed by atoms with E-state index in [1.807, 2.05) is 24.7 Å². The Morgan fingerprint density at radius 1 is 1.41 bits per heavy atom. The normalized spacial score (nSPS) is 12.2. The molecule has 0 saturated heterocycles. The van der Waals surface area contributed by atoms with Crippen molar-refractivity contribution in [3.05, 3.63) is 24.5 Å². The molecule has 2 heterocycles. The molecule has 0 aliphatic rings. The van der Waals surface area contributed by atoms with Crippen molar-refractivity contribution in [2.45, 2.75) is 24.1 Å². The number of nitrogens with two attached hydrogens (primary N) is 1. The van der Waals surface area contributed by atoms with Crippen molar-refractivity contribution >= 4 is 21.4 Å². The fourth-order valence-electron chi connectivity index (χ4n) is 1.38. The van der Waals surface area contributed by atoms with E-state index in [9.17, 15) is 8.42 Å². The van der Waals surface area contributed by atoms with Gasteiger partial charge < -0.3 is 0 Å². The van der Waals surface area contributed by atoms with Crippen molar-refractivity contribution in [3.63, 3.8) is 0 Å². The van der Waals surface area contributed by atoms with Gasteiger partial charge in [0, 0.05) is 22.7 Å². The van der Waals surface area contributed by atoms with Gasteiger partial charge in [-0.3, -0.25) is 4.68 Å². The van der Waals surface area contributed by atoms with E-state index in [1.54, 1.807) is 12.3 Å². The highest BCUT2D eigenvalue weighted by Gasteiger charge is 2.13. The predicted octanol–water partition coefficient (Wildman–Crippen LogP) is 1.84. The van der Waals surface area contributed by atoms with Crippen LogP contribution in [-0.4, -0.2) is 18.2 Å². The highest BCUT2D eigenvalue weighted by atomic mass is 32.2. The summed E-state index contributed by atoms with van der Waals surface area (Å²) in [5.41, 5.74) is 0.901. The molecule has 17 heavy (non-hydrogen) atoms. The first kappa shape index (κ1) is 12.3. The molecule has 0 radical (unpaired) electrons. The standard InChI is InChI=1S/C10H13N3O2S2/c1-7(2)13-6-8(5-12-13)9-3-4-10(16-9)17(11,14)15/h3-7H,1-2H3,(H2,11,14,15). The minimum absolute atomic E-state index is 0.171. The summed E-state index contributed by atoms with van der Waals surface area (Å²) >= 11 is 1.15. The van der Waals surface area contributed by atoms with Crippen molar-refractivity contribution in [2.24, 2.45) is 5.14 Å². The first-order valence-electron chi connectivity index (χ1n) is 5.05. The third-order valence-corrected chi connectivity index (χ3v) is 4.85. The second-order valence-corrected chi connectivity index (χ2v) is 6.84. The lowest BCUT2D eigenvalue weighted by molar-refractivity contribution is 0.532. The van der Waals surface area contributed by atoms with Crippen molar-refractivity contribution in [1.82, 2.24) is 9.78 Å². The average Bonchev–Trinajstić information content (AvgIpc) is 2.85. The summed E-state index contributed by atoms with van der Waals surface area (Å²) in [6, 6.07) is 3.54. The van der Waals surface area contributed by atoms with Gasteiger partial charge in [-0.15, -0.1) is 11.3 Å². The van der Waals surface area contributed by atoms with Gasteiger partial charge in [0.05, 0.1) is 6.20 Å². The molecule has 0 amide bonds. The number of hydrogen-bond acceptors (Lipinski definition) is 4. The summed E-state index contributed by atoms with van der Waals surface area (Å²) < 4.78 is 24.3. The Bertz CT molecular complexity index is 626. The molecule has 2 rings (SSSR count). The maximum atomic E-state index is 11.2. The van der Waals surface area contributed by atoms with Gasteiger partial charge in [0.25, 0.3) is 0 Å². The highest BCUT2D eigenvalue weighted by Crippen LogP contribution is 2.30. The molecular weight excluding hydrogens is 258 g/mol. The van der Waals surface area contributed by atoms with Crippen LogP contribution in [0.15, 0.2) is 28.7 Å². The lowest BCUT2D eigenvalue weighted by atomic mass is 10.3. The predicted molar refractivity (Wildman–Crippen MR) is 67.3 cm³/mol. The number of primary sulfonamides is 1. The summed E-state index contributed by atoms with van der Waals surface area (Å²) in [7, 11) is -3.61. The maximum absolute atomic E-state index is 11.2. The van der Waals surface area contributed by atoms with Crippen LogP contribution in [0.4, 0.5) is 0 Å². The summed E-state index contributed by atoms with van der Waals surface area (Å²) in [5, 5.41) is 9.27. The molecule has 0 aliphatic carbocycles. The van der Waals surface area contributed by atoms with Crippen LogP contribution in [0.2, 0.25) is 0 Å². The van der Waals surface area contributed by atoms with Crippen LogP contribution < -0.4 is 5.14 Å². The summed E-state index contributed by atoms with van der Waals surface area (Å²) in [4.78, 5) is 0.848. The molecule has 0 spiro atoms. The van der Waals surface area contributed by atoms with Crippen molar-refractivity contribution in [2.75, 3.05) is 0 Å². The van der Waals surface area contributed by atoms with E-state index >= 15 is 0 Å². The zero-order chi connectivity index (χ0) is 12.6. The SMILES string of the molecule is CC(C)n1cc(-c2ccc(S(N)(=O)=O)s2)cn1. The van der Waals surface area contributed by atoms with E-state index in [4.69, 9.17) is 5.14 Å². The van der Waals surface area contributed by atoms with Crippen LogP contribution in [0.5, 0.6) is 0 Å². The first-order valence-corrected chi connectivity index (χ1v) is 7.41. The molecule has 2 aromatic heterocycles. The monoisotopic (exact) mass is 271 g/mol. The smallest absolute Gasteiger partial charge is 0.247 e. The number of aromatic nitrogens is 2. The van der Waals surface area contributed by atoms with E-state index in [-0.39, 0.29) is 10.3 Å². The number of sulfonamides is 1. The molecule has 0 saturated carbocycles. The van der Waals surface area contributed by atoms with Crippen LogP contribution in [-0.2, 0) is 10.0 Å². The van der Waals surface area contributed by atoms with Crippen molar-refractivity contribution < 1.29 is 8.42 Å². The Morgan fingerprint density at radius 3 is 2.59 bits per heavy atom. The lowest BCUT2D eigenvalue weighted by Crippen LogP contribution is -2.09. The second-order valence-electron chi connectivity index (χ2n) is 3.97. The number of nitrogens with zero attached hydrogens (tertiary/aromatic N) is 2. The Hall–Kier alpha value is -1.18. The molecule has 2 N–H and O–H groups in total. The van der Waals surface area contributed by atoms with Crippen LogP contribution in [0, 0.1) is 0 Å². The van der Waals surface area contributed by atoms with Crippen LogP contribution >= 0.6 is 11.3 Å². The van der Waals surface area contributed by atoms with Gasteiger partial charge in [-0.05, 0) is 26.0 Å². The van der Waals surface area contributed by atoms with Crippen LogP contribution in [0.1, 0.15) is 19.9 Å². The Labute approximate surface area is 104 Å². The molecule has 0 fully saturated rings. The molecule has 0 bridgehead atoms. The minimum Gasteiger partial charge on any atom is -0.270 e. The van der Waals surface area contributed by atoms with Crippen LogP contribution in [0.3, 0.4) is 0 Å². The fraction of sp³-hybridized carbons (Fsp3) is 0.300.